The molecule has 1 aromatic rings. The van der Waals surface area contributed by atoms with Gasteiger partial charge in [-0.05, 0) is 36.6 Å². The number of benzene rings is 1. The first kappa shape index (κ1) is 15.4. The van der Waals surface area contributed by atoms with Gasteiger partial charge in [0.1, 0.15) is 0 Å². The van der Waals surface area contributed by atoms with E-state index < -0.39 is 0 Å². The number of carbonyl (C=O) groups excluding carboxylic acids is 1. The number of thioether (sulfide) groups is 1. The molecule has 100 valence electrons. The predicted molar refractivity (Wildman–Crippen MR) is 79.2 cm³/mol. The van der Waals surface area contributed by atoms with Crippen molar-refractivity contribution in [2.45, 2.75) is 37.3 Å². The smallest absolute Gasteiger partial charge is 0.233 e. The molecule has 0 spiro atoms. The summed E-state index contributed by atoms with van der Waals surface area (Å²) < 4.78 is 0. The van der Waals surface area contributed by atoms with E-state index in [1.54, 1.807) is 11.8 Å². The molecular formula is C14H20ClNOS. The summed E-state index contributed by atoms with van der Waals surface area (Å²) in [7, 11) is 0. The van der Waals surface area contributed by atoms with Crippen LogP contribution in [-0.2, 0) is 4.79 Å². The molecular weight excluding hydrogens is 266 g/mol. The number of carbonyl (C=O) groups is 1. The van der Waals surface area contributed by atoms with E-state index in [-0.39, 0.29) is 11.2 Å². The topological polar surface area (TPSA) is 29.1 Å². The van der Waals surface area contributed by atoms with Crippen LogP contribution in [0.1, 0.15) is 27.2 Å². The van der Waals surface area contributed by atoms with Gasteiger partial charge in [0.15, 0.2) is 0 Å². The fourth-order valence-corrected chi connectivity index (χ4v) is 2.52. The lowest BCUT2D eigenvalue weighted by Gasteiger charge is -2.15. The van der Waals surface area contributed by atoms with Gasteiger partial charge in [-0.25, -0.2) is 0 Å². The molecule has 1 atom stereocenters. The van der Waals surface area contributed by atoms with Crippen LogP contribution in [-0.4, -0.2) is 17.7 Å². The van der Waals surface area contributed by atoms with Crippen molar-refractivity contribution in [3.63, 3.8) is 0 Å². The molecule has 4 heteroatoms. The van der Waals surface area contributed by atoms with E-state index in [1.807, 2.05) is 31.2 Å². The second-order valence-electron chi connectivity index (χ2n) is 4.61. The average Bonchev–Trinajstić information content (AvgIpc) is 2.35. The maximum absolute atomic E-state index is 12.0. The Balaban J connectivity index is 2.55. The van der Waals surface area contributed by atoms with Gasteiger partial charge in [0.05, 0.1) is 5.25 Å². The predicted octanol–water partition coefficient (Wildman–Crippen LogP) is 3.98. The lowest BCUT2D eigenvalue weighted by atomic mass is 10.2. The Morgan fingerprint density at radius 2 is 1.94 bits per heavy atom. The van der Waals surface area contributed by atoms with Gasteiger partial charge in [-0.3, -0.25) is 4.79 Å². The van der Waals surface area contributed by atoms with Gasteiger partial charge in [0.25, 0.3) is 0 Å². The molecule has 1 amide bonds. The molecule has 0 aliphatic rings. The van der Waals surface area contributed by atoms with Crippen LogP contribution in [0, 0.1) is 5.92 Å². The summed E-state index contributed by atoms with van der Waals surface area (Å²) in [6, 6.07) is 7.60. The van der Waals surface area contributed by atoms with Gasteiger partial charge >= 0.3 is 0 Å². The molecule has 0 aliphatic carbocycles. The van der Waals surface area contributed by atoms with E-state index >= 15 is 0 Å². The van der Waals surface area contributed by atoms with E-state index in [1.165, 1.54) is 0 Å². The zero-order chi connectivity index (χ0) is 13.5. The maximum atomic E-state index is 12.0. The summed E-state index contributed by atoms with van der Waals surface area (Å²) in [5.41, 5.74) is 0. The molecule has 1 N–H and O–H groups in total. The van der Waals surface area contributed by atoms with Crippen molar-refractivity contribution in [3.8, 4) is 0 Å². The van der Waals surface area contributed by atoms with E-state index in [4.69, 9.17) is 11.6 Å². The largest absolute Gasteiger partial charge is 0.355 e. The summed E-state index contributed by atoms with van der Waals surface area (Å²) in [6.07, 6.45) is 0.817. The summed E-state index contributed by atoms with van der Waals surface area (Å²) in [5.74, 6) is 0.595. The van der Waals surface area contributed by atoms with Crippen LogP contribution < -0.4 is 5.32 Å². The van der Waals surface area contributed by atoms with Crippen LogP contribution in [0.15, 0.2) is 29.2 Å². The minimum Gasteiger partial charge on any atom is -0.355 e. The first-order valence-electron chi connectivity index (χ1n) is 6.22. The third kappa shape index (κ3) is 5.32. The Morgan fingerprint density at radius 1 is 1.33 bits per heavy atom. The molecule has 0 saturated carbocycles. The third-order valence-corrected chi connectivity index (χ3v) is 4.07. The molecule has 1 rings (SSSR count). The average molecular weight is 286 g/mol. The Bertz CT molecular complexity index is 378. The molecule has 0 fully saturated rings. The number of rotatable bonds is 6. The Morgan fingerprint density at radius 3 is 2.44 bits per heavy atom. The first-order valence-corrected chi connectivity index (χ1v) is 7.48. The molecule has 0 bridgehead atoms. The Hall–Kier alpha value is -0.670. The summed E-state index contributed by atoms with van der Waals surface area (Å²) in [5, 5.41) is 3.66. The standard InChI is InChI=1S/C14H20ClNOS/c1-4-13(14(17)16-9-10(2)3)18-12-7-5-11(15)6-8-12/h5-8,10,13H,4,9H2,1-3H3,(H,16,17). The molecule has 0 heterocycles. The monoisotopic (exact) mass is 285 g/mol. The van der Waals surface area contributed by atoms with E-state index in [0.29, 0.717) is 5.92 Å². The van der Waals surface area contributed by atoms with Crippen molar-refractivity contribution >= 4 is 29.3 Å². The fourth-order valence-electron chi connectivity index (χ4n) is 1.42. The number of hydrogen-bond donors (Lipinski definition) is 1. The van der Waals surface area contributed by atoms with E-state index in [0.717, 1.165) is 22.9 Å². The van der Waals surface area contributed by atoms with Crippen LogP contribution in [0.2, 0.25) is 5.02 Å². The summed E-state index contributed by atoms with van der Waals surface area (Å²) in [4.78, 5) is 13.1. The highest BCUT2D eigenvalue weighted by atomic mass is 35.5. The third-order valence-electron chi connectivity index (χ3n) is 2.44. The van der Waals surface area contributed by atoms with Gasteiger partial charge in [-0.15, -0.1) is 11.8 Å². The highest BCUT2D eigenvalue weighted by molar-refractivity contribution is 8.00. The lowest BCUT2D eigenvalue weighted by molar-refractivity contribution is -0.120. The Labute approximate surface area is 118 Å². The van der Waals surface area contributed by atoms with Gasteiger partial charge in [0.2, 0.25) is 5.91 Å². The van der Waals surface area contributed by atoms with Crippen molar-refractivity contribution in [2.75, 3.05) is 6.54 Å². The van der Waals surface area contributed by atoms with Crippen molar-refractivity contribution < 1.29 is 4.79 Å². The van der Waals surface area contributed by atoms with Crippen LogP contribution in [0.5, 0.6) is 0 Å². The Kier molecular flexibility index (Phi) is 6.58. The summed E-state index contributed by atoms with van der Waals surface area (Å²) >= 11 is 7.43. The van der Waals surface area contributed by atoms with Crippen LogP contribution >= 0.6 is 23.4 Å². The van der Waals surface area contributed by atoms with Crippen molar-refractivity contribution in [1.29, 1.82) is 0 Å². The van der Waals surface area contributed by atoms with Crippen molar-refractivity contribution in [3.05, 3.63) is 29.3 Å². The number of hydrogen-bond acceptors (Lipinski definition) is 2. The van der Waals surface area contributed by atoms with Gasteiger partial charge in [-0.1, -0.05) is 32.4 Å². The molecule has 2 nitrogen and oxygen atoms in total. The SMILES string of the molecule is CCC(Sc1ccc(Cl)cc1)C(=O)NCC(C)C. The van der Waals surface area contributed by atoms with E-state index in [9.17, 15) is 4.79 Å². The highest BCUT2D eigenvalue weighted by Crippen LogP contribution is 2.26. The maximum Gasteiger partial charge on any atom is 0.233 e. The zero-order valence-electron chi connectivity index (χ0n) is 11.1. The second-order valence-corrected chi connectivity index (χ2v) is 6.32. The van der Waals surface area contributed by atoms with Crippen LogP contribution in [0.25, 0.3) is 0 Å². The minimum atomic E-state index is -0.0371. The number of nitrogens with one attached hydrogen (secondary N) is 1. The molecule has 0 saturated heterocycles. The fraction of sp³-hybridized carbons (Fsp3) is 0.500. The van der Waals surface area contributed by atoms with Gasteiger partial charge in [-0.2, -0.15) is 0 Å². The van der Waals surface area contributed by atoms with Gasteiger partial charge < -0.3 is 5.32 Å². The van der Waals surface area contributed by atoms with Crippen LogP contribution in [0.4, 0.5) is 0 Å². The zero-order valence-corrected chi connectivity index (χ0v) is 12.6. The summed E-state index contributed by atoms with van der Waals surface area (Å²) in [6.45, 7) is 6.94. The normalized spacial score (nSPS) is 12.5. The molecule has 0 aromatic heterocycles. The van der Waals surface area contributed by atoms with Crippen LogP contribution in [0.3, 0.4) is 0 Å². The molecule has 18 heavy (non-hydrogen) atoms. The molecule has 0 aliphatic heterocycles. The first-order chi connectivity index (χ1) is 8.52. The van der Waals surface area contributed by atoms with Crippen molar-refractivity contribution in [1.82, 2.24) is 5.32 Å². The van der Waals surface area contributed by atoms with Gasteiger partial charge in [0, 0.05) is 16.5 Å². The quantitative estimate of drug-likeness (QED) is 0.801. The molecule has 1 unspecified atom stereocenters. The number of amides is 1. The second kappa shape index (κ2) is 7.70. The van der Waals surface area contributed by atoms with Crippen molar-refractivity contribution in [2.24, 2.45) is 5.92 Å². The highest BCUT2D eigenvalue weighted by Gasteiger charge is 2.17. The number of halogens is 1. The molecule has 0 radical (unpaired) electrons. The van der Waals surface area contributed by atoms with E-state index in [2.05, 4.69) is 19.2 Å². The molecule has 1 aromatic carbocycles. The minimum absolute atomic E-state index is 0.0371. The lowest BCUT2D eigenvalue weighted by Crippen LogP contribution is -2.34.